The lowest BCUT2D eigenvalue weighted by molar-refractivity contribution is -0.141. The van der Waals surface area contributed by atoms with E-state index >= 15 is 0 Å². The number of carbonyl (C=O) groups is 1. The van der Waals surface area contributed by atoms with E-state index in [1.807, 2.05) is 30.3 Å². The van der Waals surface area contributed by atoms with Gasteiger partial charge in [-0.1, -0.05) is 35.5 Å². The molecule has 0 spiro atoms. The molecule has 1 aromatic heterocycles. The second kappa shape index (κ2) is 8.50. The van der Waals surface area contributed by atoms with Crippen LogP contribution in [0.3, 0.4) is 0 Å². The maximum Gasteiger partial charge on any atom is 0.324 e. The number of aromatic nitrogens is 1. The molecular weight excluding hydrogens is 364 g/mol. The van der Waals surface area contributed by atoms with Gasteiger partial charge in [0.1, 0.15) is 16.6 Å². The lowest BCUT2D eigenvalue weighted by Crippen LogP contribution is -2.43. The Bertz CT molecular complexity index is 799. The number of nitrogens with one attached hydrogen (secondary N) is 1. The average Bonchev–Trinajstić information content (AvgIpc) is 2.93. The van der Waals surface area contributed by atoms with E-state index in [2.05, 4.69) is 9.88 Å². The highest BCUT2D eigenvalue weighted by Crippen LogP contribution is 2.20. The number of benzene rings is 1. The second-order valence-electron chi connectivity index (χ2n) is 5.35. The highest BCUT2D eigenvalue weighted by molar-refractivity contribution is 7.98. The molecule has 7 nitrogen and oxygen atoms in total. The molecule has 1 aromatic carbocycles. The van der Waals surface area contributed by atoms with Gasteiger partial charge in [0.2, 0.25) is 10.0 Å². The Morgan fingerprint density at radius 3 is 2.56 bits per heavy atom. The molecule has 0 aliphatic rings. The summed E-state index contributed by atoms with van der Waals surface area (Å²) in [6.45, 7) is 3.04. The fourth-order valence-electron chi connectivity index (χ4n) is 2.27. The molecule has 0 saturated heterocycles. The smallest absolute Gasteiger partial charge is 0.324 e. The summed E-state index contributed by atoms with van der Waals surface area (Å²) in [7, 11) is -2.72. The van der Waals surface area contributed by atoms with Gasteiger partial charge in [-0.2, -0.15) is 16.5 Å². The molecule has 0 unspecified atom stereocenters. The zero-order valence-corrected chi connectivity index (χ0v) is 15.8. The zero-order chi connectivity index (χ0) is 18.4. The van der Waals surface area contributed by atoms with Crippen LogP contribution in [0, 0.1) is 13.8 Å². The molecule has 0 amide bonds. The number of aryl methyl sites for hydroxylation is 2. The van der Waals surface area contributed by atoms with E-state index in [1.165, 1.54) is 32.7 Å². The van der Waals surface area contributed by atoms with Crippen LogP contribution in [-0.2, 0) is 25.3 Å². The lowest BCUT2D eigenvalue weighted by atomic mass is 10.2. The zero-order valence-electron chi connectivity index (χ0n) is 14.2. The van der Waals surface area contributed by atoms with Gasteiger partial charge in [0.25, 0.3) is 0 Å². The van der Waals surface area contributed by atoms with Crippen molar-refractivity contribution in [3.8, 4) is 0 Å². The monoisotopic (exact) mass is 384 g/mol. The molecule has 25 heavy (non-hydrogen) atoms. The molecular formula is C16H20N2O5S2. The molecule has 0 aliphatic carbocycles. The average molecular weight is 384 g/mol. The summed E-state index contributed by atoms with van der Waals surface area (Å²) < 4.78 is 37.2. The predicted molar refractivity (Wildman–Crippen MR) is 94.7 cm³/mol. The number of hydrogen-bond acceptors (Lipinski definition) is 7. The van der Waals surface area contributed by atoms with Crippen LogP contribution in [0.1, 0.15) is 17.0 Å². The minimum absolute atomic E-state index is 0.0468. The SMILES string of the molecule is COC(=O)[C@H](CSCc1ccccc1)NS(=O)(=O)c1c(C)noc1C. The van der Waals surface area contributed by atoms with Gasteiger partial charge in [0.15, 0.2) is 5.76 Å². The van der Waals surface area contributed by atoms with Crippen LogP contribution in [0.15, 0.2) is 39.8 Å². The van der Waals surface area contributed by atoms with Crippen molar-refractivity contribution >= 4 is 27.8 Å². The van der Waals surface area contributed by atoms with Crippen LogP contribution in [0.2, 0.25) is 0 Å². The highest BCUT2D eigenvalue weighted by atomic mass is 32.2. The Hall–Kier alpha value is -1.84. The second-order valence-corrected chi connectivity index (χ2v) is 8.03. The number of hydrogen-bond donors (Lipinski definition) is 1. The minimum Gasteiger partial charge on any atom is -0.468 e. The number of nitrogens with zero attached hydrogens (tertiary/aromatic N) is 1. The first kappa shape index (κ1) is 19.5. The van der Waals surface area contributed by atoms with Crippen molar-refractivity contribution in [2.45, 2.75) is 30.5 Å². The summed E-state index contributed by atoms with van der Waals surface area (Å²) >= 11 is 1.44. The van der Waals surface area contributed by atoms with Crippen LogP contribution < -0.4 is 4.72 Å². The summed E-state index contributed by atoms with van der Waals surface area (Å²) in [6.07, 6.45) is 0. The fourth-order valence-corrected chi connectivity index (χ4v) is 4.89. The lowest BCUT2D eigenvalue weighted by Gasteiger charge is -2.16. The third-order valence-corrected chi connectivity index (χ3v) is 6.24. The Morgan fingerprint density at radius 1 is 1.32 bits per heavy atom. The Kier molecular flexibility index (Phi) is 6.63. The quantitative estimate of drug-likeness (QED) is 0.695. The van der Waals surface area contributed by atoms with E-state index in [1.54, 1.807) is 0 Å². The Balaban J connectivity index is 2.08. The third kappa shape index (κ3) is 5.07. The van der Waals surface area contributed by atoms with Crippen molar-refractivity contribution in [1.29, 1.82) is 0 Å². The van der Waals surface area contributed by atoms with Gasteiger partial charge in [0.05, 0.1) is 7.11 Å². The molecule has 0 fully saturated rings. The van der Waals surface area contributed by atoms with Crippen LogP contribution in [0.25, 0.3) is 0 Å². The molecule has 0 bridgehead atoms. The normalized spacial score (nSPS) is 12.8. The van der Waals surface area contributed by atoms with Crippen molar-refractivity contribution in [3.63, 3.8) is 0 Å². The number of sulfonamides is 1. The number of methoxy groups -OCH3 is 1. The molecule has 1 heterocycles. The maximum atomic E-state index is 12.6. The summed E-state index contributed by atoms with van der Waals surface area (Å²) in [5.41, 5.74) is 1.33. The molecule has 2 rings (SSSR count). The molecule has 1 atom stereocenters. The van der Waals surface area contributed by atoms with Crippen molar-refractivity contribution in [3.05, 3.63) is 47.3 Å². The molecule has 0 saturated carbocycles. The van der Waals surface area contributed by atoms with Gasteiger partial charge in [0, 0.05) is 11.5 Å². The number of thioether (sulfide) groups is 1. The van der Waals surface area contributed by atoms with E-state index in [4.69, 9.17) is 9.26 Å². The first-order chi connectivity index (χ1) is 11.8. The first-order valence-electron chi connectivity index (χ1n) is 7.50. The molecule has 9 heteroatoms. The number of carbonyl (C=O) groups excluding carboxylic acids is 1. The van der Waals surface area contributed by atoms with E-state index in [-0.39, 0.29) is 22.1 Å². The Morgan fingerprint density at radius 2 is 2.00 bits per heavy atom. The highest BCUT2D eigenvalue weighted by Gasteiger charge is 2.30. The van der Waals surface area contributed by atoms with Crippen LogP contribution in [0.4, 0.5) is 0 Å². The molecule has 2 aromatic rings. The van der Waals surface area contributed by atoms with Gasteiger partial charge in [-0.05, 0) is 19.4 Å². The number of rotatable bonds is 8. The summed E-state index contributed by atoms with van der Waals surface area (Å²) in [6, 6.07) is 8.70. The van der Waals surface area contributed by atoms with Crippen molar-refractivity contribution in [1.82, 2.24) is 9.88 Å². The molecule has 136 valence electrons. The topological polar surface area (TPSA) is 98.5 Å². The summed E-state index contributed by atoms with van der Waals surface area (Å²) in [4.78, 5) is 11.9. The van der Waals surface area contributed by atoms with E-state index in [9.17, 15) is 13.2 Å². The van der Waals surface area contributed by atoms with Crippen LogP contribution in [0.5, 0.6) is 0 Å². The first-order valence-corrected chi connectivity index (χ1v) is 10.1. The van der Waals surface area contributed by atoms with Gasteiger partial charge in [-0.25, -0.2) is 8.42 Å². The van der Waals surface area contributed by atoms with E-state index in [0.717, 1.165) is 5.56 Å². The standard InChI is InChI=1S/C16H20N2O5S2/c1-11-15(12(2)23-17-11)25(20,21)18-14(16(19)22-3)10-24-9-13-7-5-4-6-8-13/h4-8,14,18H,9-10H2,1-3H3/t14-/m0/s1. The molecule has 0 radical (unpaired) electrons. The molecule has 0 aliphatic heterocycles. The largest absolute Gasteiger partial charge is 0.468 e. The summed E-state index contributed by atoms with van der Waals surface area (Å²) in [5, 5.41) is 3.64. The van der Waals surface area contributed by atoms with Crippen molar-refractivity contribution in [2.75, 3.05) is 12.9 Å². The fraction of sp³-hybridized carbons (Fsp3) is 0.375. The summed E-state index contributed by atoms with van der Waals surface area (Å²) in [5.74, 6) is 0.424. The van der Waals surface area contributed by atoms with Gasteiger partial charge in [-0.15, -0.1) is 0 Å². The predicted octanol–water partition coefficient (Wildman–Crippen LogP) is 2.04. The van der Waals surface area contributed by atoms with Crippen molar-refractivity contribution < 1.29 is 22.5 Å². The minimum atomic E-state index is -3.95. The maximum absolute atomic E-state index is 12.6. The van der Waals surface area contributed by atoms with Crippen molar-refractivity contribution in [2.24, 2.45) is 0 Å². The van der Waals surface area contributed by atoms with Gasteiger partial charge < -0.3 is 9.26 Å². The van der Waals surface area contributed by atoms with Gasteiger partial charge in [-0.3, -0.25) is 4.79 Å². The number of esters is 1. The van der Waals surface area contributed by atoms with Gasteiger partial charge >= 0.3 is 5.97 Å². The van der Waals surface area contributed by atoms with Crippen LogP contribution >= 0.6 is 11.8 Å². The number of ether oxygens (including phenoxy) is 1. The van der Waals surface area contributed by atoms with Crippen LogP contribution in [-0.4, -0.2) is 38.4 Å². The Labute approximate surface area is 151 Å². The molecule has 1 N–H and O–H groups in total. The van der Waals surface area contributed by atoms with E-state index in [0.29, 0.717) is 5.75 Å². The van der Waals surface area contributed by atoms with E-state index < -0.39 is 22.0 Å². The third-order valence-electron chi connectivity index (χ3n) is 3.42.